The van der Waals surface area contributed by atoms with E-state index >= 15 is 0 Å². The summed E-state index contributed by atoms with van der Waals surface area (Å²) in [7, 11) is 3.17. The molecule has 55 heavy (non-hydrogen) atoms. The molecule has 2 amide bonds. The molecule has 1 N–H and O–H groups in total. The number of pyridine rings is 1. The summed E-state index contributed by atoms with van der Waals surface area (Å²) in [6.07, 6.45) is 7.73. The number of amides is 2. The zero-order valence-corrected chi connectivity index (χ0v) is 31.4. The third-order valence-electron chi connectivity index (χ3n) is 10.8. The van der Waals surface area contributed by atoms with Crippen LogP contribution >= 0.6 is 11.3 Å². The highest BCUT2D eigenvalue weighted by Crippen LogP contribution is 2.37. The Balaban J connectivity index is 0.934. The van der Waals surface area contributed by atoms with Gasteiger partial charge in [-0.25, -0.2) is 15.0 Å². The molecular formula is C41H41N7O6S. The number of carbonyl (C=O) groups is 2. The summed E-state index contributed by atoms with van der Waals surface area (Å²) in [6.45, 7) is 1.63. The second-order valence-corrected chi connectivity index (χ2v) is 15.2. The third-order valence-corrected chi connectivity index (χ3v) is 11.9. The first-order valence-corrected chi connectivity index (χ1v) is 19.1. The summed E-state index contributed by atoms with van der Waals surface area (Å²) in [5.41, 5.74) is 1.77. The number of ether oxygens (including phenoxy) is 2. The summed E-state index contributed by atoms with van der Waals surface area (Å²) in [5, 5.41) is 12.8. The largest absolute Gasteiger partial charge is 0.497 e. The van der Waals surface area contributed by atoms with Crippen LogP contribution in [0.3, 0.4) is 0 Å². The van der Waals surface area contributed by atoms with Crippen molar-refractivity contribution in [3.63, 3.8) is 0 Å². The van der Waals surface area contributed by atoms with Crippen LogP contribution in [0.15, 0.2) is 103 Å². The molecular weight excluding hydrogens is 719 g/mol. The number of benzene rings is 2. The second kappa shape index (κ2) is 15.1. The Hall–Kier alpha value is -5.86. The van der Waals surface area contributed by atoms with Crippen LogP contribution in [0.25, 0.3) is 27.3 Å². The Bertz CT molecular complexity index is 2370. The molecule has 13 nitrogen and oxygen atoms in total. The lowest BCUT2D eigenvalue weighted by Crippen LogP contribution is -2.53. The topological polar surface area (TPSA) is 145 Å². The van der Waals surface area contributed by atoms with E-state index in [-0.39, 0.29) is 35.8 Å². The fourth-order valence-corrected chi connectivity index (χ4v) is 8.61. The molecule has 2 saturated heterocycles. The number of carbonyl (C=O) groups excluding carboxylic acids is 2. The summed E-state index contributed by atoms with van der Waals surface area (Å²) < 4.78 is 13.7. The highest BCUT2D eigenvalue weighted by atomic mass is 32.1. The van der Waals surface area contributed by atoms with Gasteiger partial charge in [0, 0.05) is 67.7 Å². The molecule has 4 aromatic heterocycles. The van der Waals surface area contributed by atoms with Crippen LogP contribution in [0.2, 0.25) is 0 Å². The highest BCUT2D eigenvalue weighted by Gasteiger charge is 2.42. The van der Waals surface area contributed by atoms with E-state index in [2.05, 4.69) is 15.0 Å². The quantitative estimate of drug-likeness (QED) is 0.215. The predicted octanol–water partition coefficient (Wildman–Crippen LogP) is 5.02. The van der Waals surface area contributed by atoms with Gasteiger partial charge in [0.1, 0.15) is 22.0 Å². The molecule has 0 aliphatic carbocycles. The number of hydrogen-bond donors (Lipinski definition) is 1. The van der Waals surface area contributed by atoms with Crippen molar-refractivity contribution in [2.75, 3.05) is 40.4 Å². The maximum Gasteiger partial charge on any atom is 0.265 e. The van der Waals surface area contributed by atoms with Gasteiger partial charge < -0.3 is 28.9 Å². The number of aromatic nitrogens is 5. The molecule has 0 saturated carbocycles. The van der Waals surface area contributed by atoms with Crippen LogP contribution in [-0.2, 0) is 11.3 Å². The molecule has 2 fully saturated rings. The minimum Gasteiger partial charge on any atom is -0.497 e. The van der Waals surface area contributed by atoms with Crippen molar-refractivity contribution < 1.29 is 24.2 Å². The molecule has 6 aromatic rings. The average molecular weight is 760 g/mol. The lowest BCUT2D eigenvalue weighted by molar-refractivity contribution is -0.142. The molecule has 2 aliphatic rings. The Morgan fingerprint density at radius 2 is 1.67 bits per heavy atom. The number of methoxy groups -OCH3 is 2. The number of thiazole rings is 1. The van der Waals surface area contributed by atoms with Crippen LogP contribution < -0.4 is 15.0 Å². The summed E-state index contributed by atoms with van der Waals surface area (Å²) >= 11 is 1.32. The van der Waals surface area contributed by atoms with Gasteiger partial charge in [0.15, 0.2) is 5.65 Å². The van der Waals surface area contributed by atoms with Crippen molar-refractivity contribution in [3.05, 3.63) is 119 Å². The maximum atomic E-state index is 14.3. The Labute approximate surface area is 321 Å². The number of nitrogens with zero attached hydrogens (tertiary/aromatic N) is 7. The molecule has 8 rings (SSSR count). The van der Waals surface area contributed by atoms with Gasteiger partial charge >= 0.3 is 0 Å². The van der Waals surface area contributed by atoms with Crippen LogP contribution in [0, 0.1) is 5.92 Å². The Kier molecular flexibility index (Phi) is 9.93. The number of piperidine rings is 2. The molecule has 0 unspecified atom stereocenters. The first-order chi connectivity index (χ1) is 26.7. The minimum atomic E-state index is -1.18. The number of aliphatic hydroxyl groups is 1. The van der Waals surface area contributed by atoms with Crippen LogP contribution in [0.4, 0.5) is 0 Å². The first kappa shape index (κ1) is 36.1. The van der Waals surface area contributed by atoms with Crippen molar-refractivity contribution in [1.29, 1.82) is 0 Å². The lowest BCUT2D eigenvalue weighted by Gasteiger charge is -2.43. The van der Waals surface area contributed by atoms with Gasteiger partial charge in [-0.1, -0.05) is 30.3 Å². The lowest BCUT2D eigenvalue weighted by atomic mass is 9.79. The van der Waals surface area contributed by atoms with Crippen molar-refractivity contribution in [2.45, 2.75) is 37.3 Å². The second-order valence-electron chi connectivity index (χ2n) is 14.1. The van der Waals surface area contributed by atoms with Gasteiger partial charge in [-0.05, 0) is 61.2 Å². The number of hydrogen-bond acceptors (Lipinski definition) is 10. The third kappa shape index (κ3) is 7.22. The molecule has 6 heterocycles. The maximum absolute atomic E-state index is 14.3. The zero-order valence-electron chi connectivity index (χ0n) is 30.6. The van der Waals surface area contributed by atoms with Crippen molar-refractivity contribution in [2.24, 2.45) is 5.92 Å². The summed E-state index contributed by atoms with van der Waals surface area (Å²) in [5.74, 6) is 0.615. The summed E-state index contributed by atoms with van der Waals surface area (Å²) in [4.78, 5) is 59.2. The smallest absolute Gasteiger partial charge is 0.265 e. The number of fused-ring (bicyclic) bond motifs is 1. The zero-order chi connectivity index (χ0) is 38.1. The molecule has 0 bridgehead atoms. The van der Waals surface area contributed by atoms with E-state index in [4.69, 9.17) is 9.47 Å². The van der Waals surface area contributed by atoms with Gasteiger partial charge in [0.25, 0.3) is 11.5 Å². The number of rotatable bonds is 9. The van der Waals surface area contributed by atoms with Crippen molar-refractivity contribution in [3.8, 4) is 27.9 Å². The molecule has 0 spiro atoms. The molecule has 2 atom stereocenters. The fraction of sp³-hybridized carbons (Fsp3) is 0.317. The predicted molar refractivity (Wildman–Crippen MR) is 208 cm³/mol. The monoisotopic (exact) mass is 759 g/mol. The molecule has 282 valence electrons. The normalized spacial score (nSPS) is 18.3. The van der Waals surface area contributed by atoms with Crippen molar-refractivity contribution in [1.82, 2.24) is 33.9 Å². The first-order valence-electron chi connectivity index (χ1n) is 18.3. The van der Waals surface area contributed by atoms with E-state index in [1.54, 1.807) is 38.7 Å². The van der Waals surface area contributed by atoms with E-state index in [1.165, 1.54) is 22.2 Å². The van der Waals surface area contributed by atoms with Gasteiger partial charge in [-0.3, -0.25) is 19.0 Å². The van der Waals surface area contributed by atoms with Crippen molar-refractivity contribution >= 4 is 34.2 Å². The van der Waals surface area contributed by atoms with E-state index in [9.17, 15) is 19.5 Å². The Morgan fingerprint density at radius 1 is 0.891 bits per heavy atom. The van der Waals surface area contributed by atoms with Gasteiger partial charge in [0.05, 0.1) is 37.9 Å². The standard InChI is InChI=1S/C41H41N7O6S/c1-53-30-11-9-29(10-12-30)48-19-15-32-36(48)44-26-47(39(32)50)25-41(52)16-20-45(21-17-41)38(49)31-14-18-46(24-33(31)27-6-4-3-5-7-27)40(51)34-23-43-37(55-34)28-8-13-35(54-2)42-22-28/h3-13,15,19,22-23,26,31,33,52H,14,16-18,20-21,24-25H2,1-2H3/t31-,33+/m1/s1. The van der Waals surface area contributed by atoms with Gasteiger partial charge in [0.2, 0.25) is 11.8 Å². The SMILES string of the molecule is COc1ccc(-n2ccc3c(=O)n(CC4(O)CCN(C(=O)[C@@H]5CCN(C(=O)c6cnc(-c7ccc(OC)nc7)s6)C[C@H]5c5ccccc5)CC4)cnc32)cc1. The van der Waals surface area contributed by atoms with Gasteiger partial charge in [-0.15, -0.1) is 11.3 Å². The number of likely N-dealkylation sites (tertiary alicyclic amines) is 2. The van der Waals surface area contributed by atoms with E-state index in [0.717, 1.165) is 22.6 Å². The minimum absolute atomic E-state index is 0.0233. The van der Waals surface area contributed by atoms with Gasteiger partial charge in [-0.2, -0.15) is 0 Å². The van der Waals surface area contributed by atoms with Crippen LogP contribution in [0.1, 0.15) is 40.4 Å². The van der Waals surface area contributed by atoms with E-state index < -0.39 is 5.60 Å². The van der Waals surface area contributed by atoms with E-state index in [1.807, 2.05) is 81.2 Å². The van der Waals surface area contributed by atoms with E-state index in [0.29, 0.717) is 72.2 Å². The molecule has 2 aliphatic heterocycles. The molecule has 0 radical (unpaired) electrons. The summed E-state index contributed by atoms with van der Waals surface area (Å²) in [6, 6.07) is 22.8. The van der Waals surface area contributed by atoms with Crippen LogP contribution in [-0.4, -0.2) is 96.8 Å². The molecule has 14 heteroatoms. The van der Waals surface area contributed by atoms with Crippen LogP contribution in [0.5, 0.6) is 11.6 Å². The highest BCUT2D eigenvalue weighted by molar-refractivity contribution is 7.16. The Morgan fingerprint density at radius 3 is 2.38 bits per heavy atom. The average Bonchev–Trinajstić information content (AvgIpc) is 3.91. The molecule has 2 aromatic carbocycles. The fourth-order valence-electron chi connectivity index (χ4n) is 7.73.